The fraction of sp³-hybridized carbons (Fsp3) is 0.200. The average Bonchev–Trinajstić information content (AvgIpc) is 3.61. The van der Waals surface area contributed by atoms with Crippen LogP contribution < -0.4 is 10.1 Å². The van der Waals surface area contributed by atoms with Gasteiger partial charge in [0.25, 0.3) is 0 Å². The van der Waals surface area contributed by atoms with Gasteiger partial charge in [0.05, 0.1) is 6.20 Å². The molecule has 2 amide bonds. The molecule has 1 aliphatic rings. The van der Waals surface area contributed by atoms with Crippen molar-refractivity contribution in [2.24, 2.45) is 5.92 Å². The van der Waals surface area contributed by atoms with Crippen molar-refractivity contribution >= 4 is 23.6 Å². The van der Waals surface area contributed by atoms with Gasteiger partial charge < -0.3 is 15.0 Å². The number of nitrogens with one attached hydrogen (secondary N) is 1. The van der Waals surface area contributed by atoms with Crippen LogP contribution in [-0.4, -0.2) is 44.3 Å². The number of benzene rings is 3. The molecule has 0 bridgehead atoms. The lowest BCUT2D eigenvalue weighted by Gasteiger charge is -2.24. The summed E-state index contributed by atoms with van der Waals surface area (Å²) in [7, 11) is 0. The van der Waals surface area contributed by atoms with Crippen LogP contribution in [0.4, 0.5) is 10.1 Å². The number of amides is 2. The Bertz CT molecular complexity index is 1440. The Morgan fingerprint density at radius 1 is 1.03 bits per heavy atom. The number of likely N-dealkylation sites (tertiary alicyclic amines) is 1. The lowest BCUT2D eigenvalue weighted by atomic mass is 10.0. The normalized spacial score (nSPS) is 16.9. The number of carbonyl (C=O) groups is 2. The van der Waals surface area contributed by atoms with E-state index in [0.717, 1.165) is 5.56 Å². The van der Waals surface area contributed by atoms with E-state index in [1.165, 1.54) is 28.6 Å². The molecule has 0 radical (unpaired) electrons. The highest BCUT2D eigenvalue weighted by atomic mass is 19.1. The van der Waals surface area contributed by atoms with Gasteiger partial charge in [-0.2, -0.15) is 0 Å². The van der Waals surface area contributed by atoms with Crippen molar-refractivity contribution in [1.29, 1.82) is 0 Å². The minimum absolute atomic E-state index is 0.00754. The van der Waals surface area contributed by atoms with Gasteiger partial charge in [-0.1, -0.05) is 47.2 Å². The summed E-state index contributed by atoms with van der Waals surface area (Å²) < 4.78 is 20.3. The van der Waals surface area contributed by atoms with Crippen LogP contribution in [0.25, 0.3) is 6.08 Å². The maximum Gasteiger partial charge on any atom is 0.247 e. The predicted octanol–water partition coefficient (Wildman–Crippen LogP) is 5.09. The molecule has 39 heavy (non-hydrogen) atoms. The molecule has 1 aliphatic heterocycles. The van der Waals surface area contributed by atoms with Gasteiger partial charge in [-0.25, -0.2) is 9.07 Å². The zero-order chi connectivity index (χ0) is 27.2. The number of anilines is 1. The van der Waals surface area contributed by atoms with Gasteiger partial charge in [0.1, 0.15) is 29.9 Å². The molecule has 1 N–H and O–H groups in total. The number of hydrogen-bond acceptors (Lipinski definition) is 5. The van der Waals surface area contributed by atoms with Crippen molar-refractivity contribution in [1.82, 2.24) is 19.9 Å². The first-order valence-electron chi connectivity index (χ1n) is 12.7. The van der Waals surface area contributed by atoms with Crippen LogP contribution in [0.3, 0.4) is 0 Å². The van der Waals surface area contributed by atoms with Crippen molar-refractivity contribution < 1.29 is 18.7 Å². The number of halogens is 1. The van der Waals surface area contributed by atoms with Crippen molar-refractivity contribution in [2.45, 2.75) is 25.9 Å². The average molecular weight is 526 g/mol. The zero-order valence-corrected chi connectivity index (χ0v) is 21.4. The Morgan fingerprint density at radius 3 is 2.38 bits per heavy atom. The number of rotatable bonds is 8. The molecule has 1 fully saturated rings. The Hall–Kier alpha value is -4.79. The number of nitrogens with zero attached hydrogens (tertiary/aromatic N) is 4. The fourth-order valence-corrected chi connectivity index (χ4v) is 4.47. The molecular weight excluding hydrogens is 497 g/mol. The SMILES string of the molecule is Cc1ccc(/C=C/C2C[C@@H](C(=O)Nc3ccc(Oc4ccc(F)cc4)cc3)N(C(=O)Cn3ccnn3)C2)cc1. The quantitative estimate of drug-likeness (QED) is 0.346. The van der Waals surface area contributed by atoms with Crippen LogP contribution in [0, 0.1) is 18.7 Å². The van der Waals surface area contributed by atoms with Gasteiger partial charge in [-0.15, -0.1) is 5.10 Å². The maximum atomic E-state index is 13.4. The molecule has 2 heterocycles. The van der Waals surface area contributed by atoms with Crippen LogP contribution in [0.1, 0.15) is 17.5 Å². The summed E-state index contributed by atoms with van der Waals surface area (Å²) in [4.78, 5) is 28.2. The Labute approximate surface area is 225 Å². The summed E-state index contributed by atoms with van der Waals surface area (Å²) in [5.41, 5.74) is 2.83. The third-order valence-corrected chi connectivity index (χ3v) is 6.54. The van der Waals surface area contributed by atoms with E-state index in [4.69, 9.17) is 4.74 Å². The Morgan fingerprint density at radius 2 is 1.72 bits per heavy atom. The molecule has 0 spiro atoms. The van der Waals surface area contributed by atoms with Gasteiger partial charge >= 0.3 is 0 Å². The summed E-state index contributed by atoms with van der Waals surface area (Å²) in [6.45, 7) is 2.48. The minimum Gasteiger partial charge on any atom is -0.457 e. The number of hydrogen-bond donors (Lipinski definition) is 1. The van der Waals surface area contributed by atoms with Gasteiger partial charge in [0, 0.05) is 18.4 Å². The molecule has 198 valence electrons. The Balaban J connectivity index is 1.27. The third-order valence-electron chi connectivity index (χ3n) is 6.54. The molecule has 9 heteroatoms. The van der Waals surface area contributed by atoms with Crippen LogP contribution >= 0.6 is 0 Å². The second-order valence-electron chi connectivity index (χ2n) is 9.50. The molecule has 8 nitrogen and oxygen atoms in total. The highest BCUT2D eigenvalue weighted by Crippen LogP contribution is 2.28. The summed E-state index contributed by atoms with van der Waals surface area (Å²) >= 11 is 0. The second-order valence-corrected chi connectivity index (χ2v) is 9.50. The van der Waals surface area contributed by atoms with Crippen LogP contribution in [-0.2, 0) is 16.1 Å². The standard InChI is InChI=1S/C30H28FN5O3/c1-21-2-4-22(5-3-21)6-7-23-18-28(36(19-23)29(37)20-35-17-16-32-34-35)30(38)33-25-10-14-27(15-11-25)39-26-12-8-24(31)9-13-26/h2-17,23,28H,18-20H2,1H3,(H,33,38)/b7-6+/t23?,28-/m0/s1. The van der Waals surface area contributed by atoms with Gasteiger partial charge in [-0.3, -0.25) is 9.59 Å². The highest BCUT2D eigenvalue weighted by molar-refractivity contribution is 5.97. The summed E-state index contributed by atoms with van der Waals surface area (Å²) in [6, 6.07) is 20.2. The molecule has 3 aromatic carbocycles. The molecular formula is C30H28FN5O3. The van der Waals surface area contributed by atoms with Crippen molar-refractivity contribution in [3.8, 4) is 11.5 Å². The molecule has 4 aromatic rings. The first-order chi connectivity index (χ1) is 18.9. The van der Waals surface area contributed by atoms with E-state index < -0.39 is 6.04 Å². The van der Waals surface area contributed by atoms with Gasteiger partial charge in [0.15, 0.2) is 0 Å². The van der Waals surface area contributed by atoms with Crippen LogP contribution in [0.5, 0.6) is 11.5 Å². The lowest BCUT2D eigenvalue weighted by Crippen LogP contribution is -2.44. The number of aryl methyl sites for hydroxylation is 1. The number of carbonyl (C=O) groups excluding carboxylic acids is 2. The molecule has 0 saturated carbocycles. The molecule has 1 aromatic heterocycles. The van der Waals surface area contributed by atoms with Crippen LogP contribution in [0.2, 0.25) is 0 Å². The first-order valence-corrected chi connectivity index (χ1v) is 12.7. The highest BCUT2D eigenvalue weighted by Gasteiger charge is 2.38. The summed E-state index contributed by atoms with van der Waals surface area (Å²) in [6.07, 6.45) is 7.73. The van der Waals surface area contributed by atoms with E-state index in [1.807, 2.05) is 25.1 Å². The maximum absolute atomic E-state index is 13.4. The van der Waals surface area contributed by atoms with E-state index in [-0.39, 0.29) is 30.1 Å². The topological polar surface area (TPSA) is 89.4 Å². The molecule has 1 unspecified atom stereocenters. The van der Waals surface area contributed by atoms with E-state index >= 15 is 0 Å². The largest absolute Gasteiger partial charge is 0.457 e. The minimum atomic E-state index is -0.635. The number of aromatic nitrogens is 3. The zero-order valence-electron chi connectivity index (χ0n) is 21.4. The van der Waals surface area contributed by atoms with E-state index in [1.54, 1.807) is 47.5 Å². The van der Waals surface area contributed by atoms with E-state index in [0.29, 0.717) is 30.2 Å². The Kier molecular flexibility index (Phi) is 7.77. The molecule has 0 aliphatic carbocycles. The first kappa shape index (κ1) is 25.8. The molecule has 5 rings (SSSR count). The van der Waals surface area contributed by atoms with Crippen molar-refractivity contribution in [3.05, 3.63) is 108 Å². The van der Waals surface area contributed by atoms with E-state index in [9.17, 15) is 14.0 Å². The third kappa shape index (κ3) is 6.75. The predicted molar refractivity (Wildman–Crippen MR) is 145 cm³/mol. The molecule has 1 saturated heterocycles. The van der Waals surface area contributed by atoms with Gasteiger partial charge in [-0.05, 0) is 73.4 Å². The lowest BCUT2D eigenvalue weighted by molar-refractivity contribution is -0.137. The van der Waals surface area contributed by atoms with Crippen molar-refractivity contribution in [2.75, 3.05) is 11.9 Å². The van der Waals surface area contributed by atoms with E-state index in [2.05, 4.69) is 33.8 Å². The summed E-state index contributed by atoms with van der Waals surface area (Å²) in [5, 5.41) is 10.6. The smallest absolute Gasteiger partial charge is 0.247 e. The molecule has 2 atom stereocenters. The van der Waals surface area contributed by atoms with Crippen LogP contribution in [0.15, 0.2) is 91.3 Å². The summed E-state index contributed by atoms with van der Waals surface area (Å²) in [5.74, 6) is 0.273. The number of ether oxygens (including phenoxy) is 1. The monoisotopic (exact) mass is 525 g/mol. The second kappa shape index (κ2) is 11.7. The van der Waals surface area contributed by atoms with Crippen molar-refractivity contribution in [3.63, 3.8) is 0 Å². The fourth-order valence-electron chi connectivity index (χ4n) is 4.47. The van der Waals surface area contributed by atoms with Gasteiger partial charge in [0.2, 0.25) is 11.8 Å².